The van der Waals surface area contributed by atoms with Crippen LogP contribution in [0.3, 0.4) is 0 Å². The smallest absolute Gasteiger partial charge is 0.158 e. The van der Waals surface area contributed by atoms with Crippen molar-refractivity contribution in [3.63, 3.8) is 0 Å². The molecule has 0 N–H and O–H groups in total. The Hall–Kier alpha value is -0.370. The molecule has 19 heavy (non-hydrogen) atoms. The van der Waals surface area contributed by atoms with Gasteiger partial charge in [-0.1, -0.05) is 13.8 Å². The van der Waals surface area contributed by atoms with Crippen molar-refractivity contribution in [1.82, 2.24) is 0 Å². The van der Waals surface area contributed by atoms with E-state index in [1.807, 2.05) is 0 Å². The molecule has 0 unspecified atom stereocenters. The number of Topliss-reactive ketones (excluding diaryl/α,β-unsaturated/α-hetero) is 1. The lowest BCUT2D eigenvalue weighted by Crippen LogP contribution is -2.48. The van der Waals surface area contributed by atoms with Crippen LogP contribution in [0.25, 0.3) is 0 Å². The summed E-state index contributed by atoms with van der Waals surface area (Å²) in [7, 11) is 0. The van der Waals surface area contributed by atoms with Gasteiger partial charge >= 0.3 is 0 Å². The van der Waals surface area contributed by atoms with Crippen LogP contribution in [0.15, 0.2) is 0 Å². The number of hydrogen-bond donors (Lipinski definition) is 0. The maximum absolute atomic E-state index is 11.7. The van der Waals surface area contributed by atoms with Crippen LogP contribution in [0.5, 0.6) is 0 Å². The summed E-state index contributed by atoms with van der Waals surface area (Å²) >= 11 is 0. The van der Waals surface area contributed by atoms with E-state index in [0.29, 0.717) is 24.4 Å². The molecule has 4 bridgehead atoms. The van der Waals surface area contributed by atoms with Crippen LogP contribution >= 0.6 is 0 Å². The minimum absolute atomic E-state index is 0.278. The predicted octanol–water partition coefficient (Wildman–Crippen LogP) is 3.83. The predicted molar refractivity (Wildman–Crippen MR) is 75.9 cm³/mol. The van der Waals surface area contributed by atoms with Crippen molar-refractivity contribution in [2.75, 3.05) is 13.2 Å². The van der Waals surface area contributed by atoms with Gasteiger partial charge in [-0.15, -0.1) is 0 Å². The summed E-state index contributed by atoms with van der Waals surface area (Å²) in [5.41, 5.74) is 0.451. The Kier molecular flexibility index (Phi) is 3.72. The highest BCUT2D eigenvalue weighted by molar-refractivity contribution is 5.79. The second-order valence-electron chi connectivity index (χ2n) is 8.05. The van der Waals surface area contributed by atoms with E-state index in [2.05, 4.69) is 13.8 Å². The summed E-state index contributed by atoms with van der Waals surface area (Å²) in [6.07, 6.45) is 9.22. The lowest BCUT2D eigenvalue weighted by Gasteiger charge is -2.56. The van der Waals surface area contributed by atoms with Gasteiger partial charge in [0.15, 0.2) is 5.78 Å². The summed E-state index contributed by atoms with van der Waals surface area (Å²) in [6, 6.07) is 0. The molecule has 0 atom stereocenters. The fourth-order valence-electron chi connectivity index (χ4n) is 5.36. The largest absolute Gasteiger partial charge is 0.373 e. The molecule has 0 aliphatic heterocycles. The first-order valence-electron chi connectivity index (χ1n) is 8.14. The highest BCUT2D eigenvalue weighted by Gasteiger charge is 2.50. The minimum atomic E-state index is 0.278. The van der Waals surface area contributed by atoms with Gasteiger partial charge in [-0.05, 0) is 67.6 Å². The van der Waals surface area contributed by atoms with Crippen molar-refractivity contribution in [2.45, 2.75) is 58.8 Å². The molecule has 0 aromatic carbocycles. The maximum atomic E-state index is 11.7. The first-order chi connectivity index (χ1) is 9.05. The van der Waals surface area contributed by atoms with Crippen LogP contribution in [0.4, 0.5) is 0 Å². The Morgan fingerprint density at radius 1 is 1.11 bits per heavy atom. The molecule has 4 rings (SSSR count). The quantitative estimate of drug-likeness (QED) is 0.728. The topological polar surface area (TPSA) is 26.3 Å². The van der Waals surface area contributed by atoms with E-state index in [1.54, 1.807) is 0 Å². The van der Waals surface area contributed by atoms with Gasteiger partial charge in [0.05, 0.1) is 6.61 Å². The second-order valence-corrected chi connectivity index (χ2v) is 8.05. The summed E-state index contributed by atoms with van der Waals surface area (Å²) in [4.78, 5) is 11.7. The van der Waals surface area contributed by atoms with Crippen LogP contribution in [0.2, 0.25) is 0 Å². The van der Waals surface area contributed by atoms with E-state index in [4.69, 9.17) is 4.74 Å². The van der Waals surface area contributed by atoms with Gasteiger partial charge in [0.25, 0.3) is 0 Å². The first-order valence-corrected chi connectivity index (χ1v) is 8.14. The molecule has 4 fully saturated rings. The molecule has 0 aromatic heterocycles. The number of ketones is 1. The van der Waals surface area contributed by atoms with E-state index in [0.717, 1.165) is 24.4 Å². The summed E-state index contributed by atoms with van der Waals surface area (Å²) in [5.74, 6) is 3.65. The maximum Gasteiger partial charge on any atom is 0.158 e. The van der Waals surface area contributed by atoms with Gasteiger partial charge < -0.3 is 4.74 Å². The van der Waals surface area contributed by atoms with Crippen molar-refractivity contribution >= 4 is 5.78 Å². The Morgan fingerprint density at radius 3 is 2.11 bits per heavy atom. The minimum Gasteiger partial charge on any atom is -0.373 e. The van der Waals surface area contributed by atoms with Crippen LogP contribution < -0.4 is 0 Å². The van der Waals surface area contributed by atoms with E-state index in [1.165, 1.54) is 38.5 Å². The number of ether oxygens (including phenoxy) is 1. The molecular weight excluding hydrogens is 236 g/mol. The molecule has 4 saturated carbocycles. The molecular formula is C17H28O2. The number of hydrogen-bond acceptors (Lipinski definition) is 2. The number of rotatable bonds is 6. The average Bonchev–Trinajstić information content (AvgIpc) is 2.25. The van der Waals surface area contributed by atoms with E-state index >= 15 is 0 Å². The molecule has 108 valence electrons. The molecule has 0 spiro atoms. The van der Waals surface area contributed by atoms with E-state index < -0.39 is 0 Å². The fourth-order valence-corrected chi connectivity index (χ4v) is 5.36. The van der Waals surface area contributed by atoms with Crippen LogP contribution in [-0.2, 0) is 9.53 Å². The van der Waals surface area contributed by atoms with Crippen molar-refractivity contribution in [3.05, 3.63) is 0 Å². The molecule has 2 heteroatoms. The fraction of sp³-hybridized carbons (Fsp3) is 0.941. The van der Waals surface area contributed by atoms with Crippen molar-refractivity contribution < 1.29 is 9.53 Å². The Balaban J connectivity index is 1.49. The Bertz CT molecular complexity index is 310. The molecule has 0 radical (unpaired) electrons. The van der Waals surface area contributed by atoms with Crippen molar-refractivity contribution in [2.24, 2.45) is 29.1 Å². The summed E-state index contributed by atoms with van der Waals surface area (Å²) in [5, 5.41) is 0. The zero-order valence-electron chi connectivity index (χ0n) is 12.5. The van der Waals surface area contributed by atoms with Gasteiger partial charge in [0.2, 0.25) is 0 Å². The van der Waals surface area contributed by atoms with Crippen LogP contribution in [0.1, 0.15) is 58.8 Å². The first kappa shape index (κ1) is 13.6. The monoisotopic (exact) mass is 264 g/mol. The highest BCUT2D eigenvalue weighted by Crippen LogP contribution is 2.59. The molecule has 0 heterocycles. The number of carbonyl (C=O) groups excluding carboxylic acids is 1. The van der Waals surface area contributed by atoms with Gasteiger partial charge in [0.1, 0.15) is 6.61 Å². The Morgan fingerprint density at radius 2 is 1.63 bits per heavy atom. The molecule has 4 aliphatic rings. The van der Waals surface area contributed by atoms with Crippen LogP contribution in [0, 0.1) is 29.1 Å². The third-order valence-electron chi connectivity index (χ3n) is 5.47. The van der Waals surface area contributed by atoms with Crippen LogP contribution in [-0.4, -0.2) is 19.0 Å². The van der Waals surface area contributed by atoms with E-state index in [9.17, 15) is 4.79 Å². The second kappa shape index (κ2) is 5.20. The van der Waals surface area contributed by atoms with Gasteiger partial charge in [-0.25, -0.2) is 0 Å². The lowest BCUT2D eigenvalue weighted by molar-refractivity contribution is -0.130. The third kappa shape index (κ3) is 3.04. The molecule has 0 aromatic rings. The zero-order valence-corrected chi connectivity index (χ0v) is 12.5. The molecule has 2 nitrogen and oxygen atoms in total. The molecule has 0 amide bonds. The Labute approximate surface area is 117 Å². The zero-order chi connectivity index (χ0) is 13.5. The normalized spacial score (nSPS) is 40.1. The SMILES string of the molecule is CC(C)CC(=O)COCC12CC3CC(CC(C3)C1)C2. The standard InChI is InChI=1S/C17H28O2/c1-12(2)3-16(18)10-19-11-17-7-13-4-14(8-17)6-15(5-13)9-17/h12-15H,3-11H2,1-2H3. The summed E-state index contributed by atoms with van der Waals surface area (Å²) < 4.78 is 5.83. The van der Waals surface area contributed by atoms with E-state index in [-0.39, 0.29) is 5.78 Å². The molecule has 4 aliphatic carbocycles. The summed E-state index contributed by atoms with van der Waals surface area (Å²) in [6.45, 7) is 5.38. The van der Waals surface area contributed by atoms with Crippen molar-refractivity contribution in [1.29, 1.82) is 0 Å². The molecule has 0 saturated heterocycles. The van der Waals surface area contributed by atoms with Gasteiger partial charge in [0, 0.05) is 6.42 Å². The lowest BCUT2D eigenvalue weighted by atomic mass is 9.50. The van der Waals surface area contributed by atoms with Gasteiger partial charge in [-0.3, -0.25) is 4.79 Å². The number of carbonyl (C=O) groups is 1. The highest BCUT2D eigenvalue weighted by atomic mass is 16.5. The average molecular weight is 264 g/mol. The third-order valence-corrected chi connectivity index (χ3v) is 5.47. The van der Waals surface area contributed by atoms with Crippen molar-refractivity contribution in [3.8, 4) is 0 Å². The van der Waals surface area contributed by atoms with Gasteiger partial charge in [-0.2, -0.15) is 0 Å².